The lowest BCUT2D eigenvalue weighted by molar-refractivity contribution is -0.171. The summed E-state index contributed by atoms with van der Waals surface area (Å²) >= 11 is 7.67. The van der Waals surface area contributed by atoms with Crippen LogP contribution in [0.25, 0.3) is 32.0 Å². The van der Waals surface area contributed by atoms with Crippen molar-refractivity contribution in [1.82, 2.24) is 20.0 Å². The molecule has 1 atom stereocenters. The van der Waals surface area contributed by atoms with Crippen molar-refractivity contribution >= 4 is 45.1 Å². The van der Waals surface area contributed by atoms with Crippen LogP contribution in [0.4, 0.5) is 5.95 Å². The predicted octanol–water partition coefficient (Wildman–Crippen LogP) is 6.35. The molecule has 0 saturated carbocycles. The van der Waals surface area contributed by atoms with Crippen LogP contribution in [-0.4, -0.2) is 63.1 Å². The topological polar surface area (TPSA) is 101 Å². The number of aromatic nitrogens is 3. The molecule has 2 aromatic heterocycles. The van der Waals surface area contributed by atoms with Gasteiger partial charge < -0.3 is 14.7 Å². The van der Waals surface area contributed by atoms with E-state index in [-0.39, 0.29) is 0 Å². The van der Waals surface area contributed by atoms with E-state index in [1.807, 2.05) is 61.9 Å². The van der Waals surface area contributed by atoms with Crippen molar-refractivity contribution in [2.75, 3.05) is 31.3 Å². The molecule has 0 unspecified atom stereocenters. The van der Waals surface area contributed by atoms with E-state index in [2.05, 4.69) is 11.9 Å². The van der Waals surface area contributed by atoms with Crippen LogP contribution < -0.4 is 4.90 Å². The van der Waals surface area contributed by atoms with Crippen molar-refractivity contribution in [3.05, 3.63) is 58.7 Å². The zero-order valence-electron chi connectivity index (χ0n) is 23.1. The molecule has 2 aromatic carbocycles. The average Bonchev–Trinajstić information content (AvgIpc) is 3.35. The van der Waals surface area contributed by atoms with Crippen molar-refractivity contribution in [1.29, 1.82) is 0 Å². The highest BCUT2D eigenvalue weighted by Crippen LogP contribution is 2.44. The number of rotatable bonds is 7. The minimum atomic E-state index is -1.17. The molecule has 1 aliphatic heterocycles. The standard InChI is InChI=1S/C29H32ClN5O4S/c1-6-35-14-13-34(16-38-35)28-31-12-11-20(33-28)26-32-21-15-17(2)22(24(27(36)37)39-29(3,4)5)23(25(21)40-26)18-7-9-19(30)10-8-18/h7-12,15,24H,6,13-14,16H2,1-5H3,(H,36,37)/t24-/m0/s1. The molecule has 0 radical (unpaired) electrons. The van der Waals surface area contributed by atoms with Crippen LogP contribution in [0.3, 0.4) is 0 Å². The molecule has 40 heavy (non-hydrogen) atoms. The van der Waals surface area contributed by atoms with Gasteiger partial charge in [0.2, 0.25) is 5.95 Å². The normalized spacial score (nSPS) is 15.5. The molecule has 5 rings (SSSR count). The van der Waals surface area contributed by atoms with E-state index >= 15 is 0 Å². The zero-order valence-corrected chi connectivity index (χ0v) is 24.7. The number of hydrogen-bond acceptors (Lipinski definition) is 9. The number of carbonyl (C=O) groups is 1. The monoisotopic (exact) mass is 581 g/mol. The number of carboxylic acid groups (broad SMARTS) is 1. The SMILES string of the molecule is CCN1CCN(c2nccc(-c3nc4cc(C)c([C@H](OC(C)(C)C)C(=O)O)c(-c5ccc(Cl)cc5)c4s3)n2)CO1. The number of anilines is 1. The Kier molecular flexibility index (Phi) is 8.08. The van der Waals surface area contributed by atoms with Crippen LogP contribution in [-0.2, 0) is 14.4 Å². The molecule has 11 heteroatoms. The Bertz CT molecular complexity index is 1530. The maximum absolute atomic E-state index is 12.6. The second kappa shape index (κ2) is 11.4. The van der Waals surface area contributed by atoms with E-state index in [4.69, 9.17) is 31.1 Å². The lowest BCUT2D eigenvalue weighted by Crippen LogP contribution is -2.45. The van der Waals surface area contributed by atoms with E-state index < -0.39 is 17.7 Å². The van der Waals surface area contributed by atoms with E-state index in [1.54, 1.807) is 18.3 Å². The summed E-state index contributed by atoms with van der Waals surface area (Å²) in [5, 5.41) is 13.5. The smallest absolute Gasteiger partial charge is 0.337 e. The van der Waals surface area contributed by atoms with E-state index in [0.717, 1.165) is 46.5 Å². The van der Waals surface area contributed by atoms with Gasteiger partial charge in [-0.3, -0.25) is 4.84 Å². The number of halogens is 1. The summed E-state index contributed by atoms with van der Waals surface area (Å²) in [6.07, 6.45) is 0.553. The minimum absolute atomic E-state index is 0.380. The number of thiazole rings is 1. The molecule has 1 saturated heterocycles. The fourth-order valence-electron chi connectivity index (χ4n) is 4.69. The number of nitrogens with zero attached hydrogens (tertiary/aromatic N) is 5. The Hall–Kier alpha value is -3.15. The Morgan fingerprint density at radius 1 is 1.20 bits per heavy atom. The molecule has 1 N–H and O–H groups in total. The van der Waals surface area contributed by atoms with Gasteiger partial charge in [-0.25, -0.2) is 19.7 Å². The molecule has 0 aliphatic carbocycles. The first-order chi connectivity index (χ1) is 19.0. The molecule has 1 aliphatic rings. The molecule has 3 heterocycles. The van der Waals surface area contributed by atoms with Gasteiger partial charge >= 0.3 is 5.97 Å². The quantitative estimate of drug-likeness (QED) is 0.267. The number of hydroxylamine groups is 2. The molecular formula is C29H32ClN5O4S. The summed E-state index contributed by atoms with van der Waals surface area (Å²) in [4.78, 5) is 34.5. The maximum Gasteiger partial charge on any atom is 0.337 e. The number of fused-ring (bicyclic) bond motifs is 1. The molecule has 4 aromatic rings. The number of carboxylic acids is 1. The van der Waals surface area contributed by atoms with Crippen molar-refractivity contribution in [2.45, 2.75) is 46.3 Å². The van der Waals surface area contributed by atoms with Gasteiger partial charge in [-0.1, -0.05) is 30.7 Å². The van der Waals surface area contributed by atoms with Gasteiger partial charge in [-0.05, 0) is 63.1 Å². The maximum atomic E-state index is 12.6. The molecule has 0 bridgehead atoms. The molecule has 0 spiro atoms. The lowest BCUT2D eigenvalue weighted by atomic mass is 9.91. The van der Waals surface area contributed by atoms with Crippen molar-refractivity contribution in [3.63, 3.8) is 0 Å². The number of benzene rings is 2. The summed E-state index contributed by atoms with van der Waals surface area (Å²) < 4.78 is 6.96. The van der Waals surface area contributed by atoms with Gasteiger partial charge in [0.25, 0.3) is 0 Å². The Morgan fingerprint density at radius 2 is 1.95 bits per heavy atom. The second-order valence-corrected chi connectivity index (χ2v) is 12.0. The third kappa shape index (κ3) is 5.96. The van der Waals surface area contributed by atoms with Gasteiger partial charge in [0.15, 0.2) is 6.10 Å². The summed E-state index contributed by atoms with van der Waals surface area (Å²) in [6.45, 7) is 12.2. The third-order valence-corrected chi connectivity index (χ3v) is 7.89. The van der Waals surface area contributed by atoms with Gasteiger partial charge in [0, 0.05) is 42.0 Å². The largest absolute Gasteiger partial charge is 0.479 e. The Balaban J connectivity index is 1.64. The van der Waals surface area contributed by atoms with Crippen molar-refractivity contribution in [3.8, 4) is 21.8 Å². The number of hydrogen-bond donors (Lipinski definition) is 1. The van der Waals surface area contributed by atoms with Gasteiger partial charge in [0.05, 0.1) is 15.8 Å². The van der Waals surface area contributed by atoms with Crippen molar-refractivity contribution < 1.29 is 19.5 Å². The highest BCUT2D eigenvalue weighted by atomic mass is 35.5. The molecular weight excluding hydrogens is 550 g/mol. The van der Waals surface area contributed by atoms with E-state index in [9.17, 15) is 9.90 Å². The predicted molar refractivity (Wildman–Crippen MR) is 158 cm³/mol. The van der Waals surface area contributed by atoms with Gasteiger partial charge in [-0.15, -0.1) is 11.3 Å². The fraction of sp³-hybridized carbons (Fsp3) is 0.379. The minimum Gasteiger partial charge on any atom is -0.479 e. The number of ether oxygens (including phenoxy) is 1. The van der Waals surface area contributed by atoms with Crippen LogP contribution in [0.1, 0.15) is 44.9 Å². The molecule has 9 nitrogen and oxygen atoms in total. The summed E-state index contributed by atoms with van der Waals surface area (Å²) in [5.74, 6) is -0.477. The lowest BCUT2D eigenvalue weighted by Gasteiger charge is -2.33. The molecule has 1 fully saturated rings. The highest BCUT2D eigenvalue weighted by molar-refractivity contribution is 7.22. The Labute approximate surface area is 242 Å². The van der Waals surface area contributed by atoms with Crippen molar-refractivity contribution in [2.24, 2.45) is 0 Å². The fourth-order valence-corrected chi connectivity index (χ4v) is 5.91. The van der Waals surface area contributed by atoms with Crippen LogP contribution >= 0.6 is 22.9 Å². The van der Waals surface area contributed by atoms with Crippen LogP contribution in [0.5, 0.6) is 0 Å². The zero-order chi connectivity index (χ0) is 28.6. The molecule has 210 valence electrons. The third-order valence-electron chi connectivity index (χ3n) is 6.53. The summed E-state index contributed by atoms with van der Waals surface area (Å²) in [6, 6.07) is 11.2. The summed E-state index contributed by atoms with van der Waals surface area (Å²) in [7, 11) is 0. The first kappa shape index (κ1) is 28.4. The summed E-state index contributed by atoms with van der Waals surface area (Å²) in [5.41, 5.74) is 3.75. The number of aryl methyl sites for hydroxylation is 1. The number of likely N-dealkylation sites (N-methyl/N-ethyl adjacent to an activating group) is 1. The second-order valence-electron chi connectivity index (χ2n) is 10.6. The first-order valence-electron chi connectivity index (χ1n) is 13.1. The Morgan fingerprint density at radius 3 is 2.58 bits per heavy atom. The highest BCUT2D eigenvalue weighted by Gasteiger charge is 2.32. The van der Waals surface area contributed by atoms with Gasteiger partial charge in [-0.2, -0.15) is 5.06 Å². The van der Waals surface area contributed by atoms with Crippen LogP contribution in [0.15, 0.2) is 42.6 Å². The van der Waals surface area contributed by atoms with Crippen LogP contribution in [0, 0.1) is 6.92 Å². The van der Waals surface area contributed by atoms with Gasteiger partial charge in [0.1, 0.15) is 17.4 Å². The average molecular weight is 582 g/mol. The molecule has 0 amide bonds. The number of aliphatic carboxylic acids is 1. The van der Waals surface area contributed by atoms with E-state index in [1.165, 1.54) is 11.3 Å². The van der Waals surface area contributed by atoms with Crippen LogP contribution in [0.2, 0.25) is 5.02 Å². The first-order valence-corrected chi connectivity index (χ1v) is 14.3. The van der Waals surface area contributed by atoms with E-state index in [0.29, 0.717) is 34.0 Å².